The Labute approximate surface area is 108 Å². The molecule has 1 unspecified atom stereocenters. The molecule has 1 saturated heterocycles. The third-order valence-corrected chi connectivity index (χ3v) is 3.43. The fourth-order valence-corrected chi connectivity index (χ4v) is 2.50. The van der Waals surface area contributed by atoms with Crippen LogP contribution >= 0.6 is 0 Å². The summed E-state index contributed by atoms with van der Waals surface area (Å²) in [7, 11) is 1.87. The summed E-state index contributed by atoms with van der Waals surface area (Å²) >= 11 is 0. The lowest BCUT2D eigenvalue weighted by atomic mass is 10.0. The Hall–Kier alpha value is -1.36. The average molecular weight is 250 g/mol. The van der Waals surface area contributed by atoms with E-state index in [0.29, 0.717) is 12.5 Å². The monoisotopic (exact) mass is 250 g/mol. The summed E-state index contributed by atoms with van der Waals surface area (Å²) in [6.45, 7) is 7.62. The second kappa shape index (κ2) is 4.72. The van der Waals surface area contributed by atoms with Gasteiger partial charge in [0.15, 0.2) is 0 Å². The highest BCUT2D eigenvalue weighted by Gasteiger charge is 2.33. The molecule has 5 heteroatoms. The van der Waals surface area contributed by atoms with Crippen LogP contribution in [0.1, 0.15) is 38.7 Å². The van der Waals surface area contributed by atoms with E-state index >= 15 is 0 Å². The van der Waals surface area contributed by atoms with Gasteiger partial charge in [0.2, 0.25) is 0 Å². The zero-order chi connectivity index (χ0) is 13.3. The molecule has 1 atom stereocenters. The summed E-state index contributed by atoms with van der Waals surface area (Å²) in [4.78, 5) is 10.8. The SMILES string of the molecule is CNc1ncnc(N2CCC(C)(O)C2)c1C(C)C. The fourth-order valence-electron chi connectivity index (χ4n) is 2.50. The number of aromatic nitrogens is 2. The van der Waals surface area contributed by atoms with Crippen LogP contribution in [-0.4, -0.2) is 40.8 Å². The predicted molar refractivity (Wildman–Crippen MR) is 73.1 cm³/mol. The Morgan fingerprint density at radius 1 is 1.44 bits per heavy atom. The van der Waals surface area contributed by atoms with Crippen molar-refractivity contribution in [3.63, 3.8) is 0 Å². The summed E-state index contributed by atoms with van der Waals surface area (Å²) in [6.07, 6.45) is 2.36. The zero-order valence-electron chi connectivity index (χ0n) is 11.6. The van der Waals surface area contributed by atoms with Gasteiger partial charge in [-0.3, -0.25) is 0 Å². The van der Waals surface area contributed by atoms with E-state index in [9.17, 15) is 5.11 Å². The Balaban J connectivity index is 2.39. The third kappa shape index (κ3) is 2.41. The molecule has 0 spiro atoms. The Bertz CT molecular complexity index is 431. The minimum atomic E-state index is -0.612. The molecule has 1 aliphatic rings. The molecule has 0 aromatic carbocycles. The third-order valence-electron chi connectivity index (χ3n) is 3.43. The first kappa shape index (κ1) is 13.1. The lowest BCUT2D eigenvalue weighted by Crippen LogP contribution is -2.31. The van der Waals surface area contributed by atoms with Crippen molar-refractivity contribution >= 4 is 11.6 Å². The summed E-state index contributed by atoms with van der Waals surface area (Å²) in [5.41, 5.74) is 0.511. The van der Waals surface area contributed by atoms with Crippen molar-refractivity contribution < 1.29 is 5.11 Å². The van der Waals surface area contributed by atoms with Crippen molar-refractivity contribution in [1.29, 1.82) is 0 Å². The maximum atomic E-state index is 10.1. The fraction of sp³-hybridized carbons (Fsp3) is 0.692. The smallest absolute Gasteiger partial charge is 0.137 e. The van der Waals surface area contributed by atoms with Crippen molar-refractivity contribution in [2.45, 2.75) is 38.7 Å². The average Bonchev–Trinajstić information content (AvgIpc) is 2.68. The van der Waals surface area contributed by atoms with Crippen LogP contribution in [0, 0.1) is 0 Å². The quantitative estimate of drug-likeness (QED) is 0.853. The van der Waals surface area contributed by atoms with Gasteiger partial charge in [-0.1, -0.05) is 13.8 Å². The molecule has 2 rings (SSSR count). The predicted octanol–water partition coefficient (Wildman–Crippen LogP) is 1.60. The van der Waals surface area contributed by atoms with Crippen molar-refractivity contribution in [2.24, 2.45) is 0 Å². The molecule has 0 saturated carbocycles. The van der Waals surface area contributed by atoms with Crippen LogP contribution in [0.15, 0.2) is 6.33 Å². The maximum absolute atomic E-state index is 10.1. The lowest BCUT2D eigenvalue weighted by Gasteiger charge is -2.24. The van der Waals surface area contributed by atoms with Crippen LogP contribution in [0.3, 0.4) is 0 Å². The Morgan fingerprint density at radius 3 is 2.67 bits per heavy atom. The molecular weight excluding hydrogens is 228 g/mol. The van der Waals surface area contributed by atoms with Crippen molar-refractivity contribution in [2.75, 3.05) is 30.4 Å². The summed E-state index contributed by atoms with van der Waals surface area (Å²) in [5, 5.41) is 13.2. The standard InChI is InChI=1S/C13H22N4O/c1-9(2)10-11(14-4)15-8-16-12(10)17-6-5-13(3,18)7-17/h8-9,18H,5-7H2,1-4H3,(H,14,15,16). The second-order valence-electron chi connectivity index (χ2n) is 5.53. The van der Waals surface area contributed by atoms with Crippen LogP contribution in [0.5, 0.6) is 0 Å². The van der Waals surface area contributed by atoms with Gasteiger partial charge in [0, 0.05) is 25.7 Å². The lowest BCUT2D eigenvalue weighted by molar-refractivity contribution is 0.0839. The first-order chi connectivity index (χ1) is 8.44. The molecule has 100 valence electrons. The van der Waals surface area contributed by atoms with E-state index in [1.807, 2.05) is 14.0 Å². The number of nitrogens with one attached hydrogen (secondary N) is 1. The van der Waals surface area contributed by atoms with Gasteiger partial charge in [0.1, 0.15) is 18.0 Å². The number of aliphatic hydroxyl groups is 1. The minimum Gasteiger partial charge on any atom is -0.388 e. The molecule has 0 aliphatic carbocycles. The summed E-state index contributed by atoms with van der Waals surface area (Å²) < 4.78 is 0. The number of hydrogen-bond acceptors (Lipinski definition) is 5. The molecule has 18 heavy (non-hydrogen) atoms. The molecule has 0 bridgehead atoms. The van der Waals surface area contributed by atoms with E-state index in [1.165, 1.54) is 0 Å². The molecule has 1 aromatic heterocycles. The van der Waals surface area contributed by atoms with Crippen LogP contribution in [-0.2, 0) is 0 Å². The Kier molecular flexibility index (Phi) is 3.43. The molecule has 1 fully saturated rings. The van der Waals surface area contributed by atoms with Crippen LogP contribution in [0.25, 0.3) is 0 Å². The number of hydrogen-bond donors (Lipinski definition) is 2. The maximum Gasteiger partial charge on any atom is 0.137 e. The highest BCUT2D eigenvalue weighted by atomic mass is 16.3. The van der Waals surface area contributed by atoms with E-state index < -0.39 is 5.60 Å². The van der Waals surface area contributed by atoms with E-state index in [1.54, 1.807) is 6.33 Å². The molecule has 2 heterocycles. The first-order valence-corrected chi connectivity index (χ1v) is 6.44. The van der Waals surface area contributed by atoms with Gasteiger partial charge >= 0.3 is 0 Å². The van der Waals surface area contributed by atoms with Gasteiger partial charge in [-0.2, -0.15) is 0 Å². The molecular formula is C13H22N4O. The van der Waals surface area contributed by atoms with Gasteiger partial charge in [-0.15, -0.1) is 0 Å². The van der Waals surface area contributed by atoms with E-state index in [2.05, 4.69) is 34.0 Å². The van der Waals surface area contributed by atoms with E-state index in [0.717, 1.165) is 30.2 Å². The van der Waals surface area contributed by atoms with Crippen LogP contribution < -0.4 is 10.2 Å². The topological polar surface area (TPSA) is 61.3 Å². The van der Waals surface area contributed by atoms with Crippen LogP contribution in [0.4, 0.5) is 11.6 Å². The molecule has 1 aromatic rings. The highest BCUT2D eigenvalue weighted by Crippen LogP contribution is 2.34. The van der Waals surface area contributed by atoms with Crippen molar-refractivity contribution in [3.05, 3.63) is 11.9 Å². The van der Waals surface area contributed by atoms with E-state index in [4.69, 9.17) is 0 Å². The summed E-state index contributed by atoms with van der Waals surface area (Å²) in [5.74, 6) is 2.16. The van der Waals surface area contributed by atoms with Crippen molar-refractivity contribution in [3.8, 4) is 0 Å². The van der Waals surface area contributed by atoms with E-state index in [-0.39, 0.29) is 0 Å². The van der Waals surface area contributed by atoms with Gasteiger partial charge in [0.05, 0.1) is 5.60 Å². The number of rotatable bonds is 3. The van der Waals surface area contributed by atoms with Gasteiger partial charge < -0.3 is 15.3 Å². The van der Waals surface area contributed by atoms with Gasteiger partial charge in [-0.05, 0) is 19.3 Å². The molecule has 5 nitrogen and oxygen atoms in total. The first-order valence-electron chi connectivity index (χ1n) is 6.44. The molecule has 1 aliphatic heterocycles. The second-order valence-corrected chi connectivity index (χ2v) is 5.53. The molecule has 0 amide bonds. The molecule has 0 radical (unpaired) electrons. The number of nitrogens with zero attached hydrogens (tertiary/aromatic N) is 3. The largest absolute Gasteiger partial charge is 0.388 e. The molecule has 2 N–H and O–H groups in total. The number of anilines is 2. The Morgan fingerprint density at radius 2 is 2.17 bits per heavy atom. The van der Waals surface area contributed by atoms with Crippen molar-refractivity contribution in [1.82, 2.24) is 9.97 Å². The van der Waals surface area contributed by atoms with Gasteiger partial charge in [-0.25, -0.2) is 9.97 Å². The van der Waals surface area contributed by atoms with Gasteiger partial charge in [0.25, 0.3) is 0 Å². The van der Waals surface area contributed by atoms with Crippen LogP contribution in [0.2, 0.25) is 0 Å². The number of β-amino-alcohol motifs (C(OH)–C–C–N with tert-alkyl or cyclic N) is 1. The zero-order valence-corrected chi connectivity index (χ0v) is 11.6. The minimum absolute atomic E-state index is 0.342. The summed E-state index contributed by atoms with van der Waals surface area (Å²) in [6, 6.07) is 0. The highest BCUT2D eigenvalue weighted by molar-refractivity contribution is 5.60. The normalized spacial score (nSPS) is 23.8.